The first-order chi connectivity index (χ1) is 27.8. The molecule has 3 N–H and O–H groups in total. The van der Waals surface area contributed by atoms with Gasteiger partial charge >= 0.3 is 13.8 Å². The number of carbonyl (C=O) groups excluding carboxylic acids is 1. The van der Waals surface area contributed by atoms with Gasteiger partial charge in [-0.2, -0.15) is 0 Å². The van der Waals surface area contributed by atoms with Crippen molar-refractivity contribution in [1.29, 1.82) is 0 Å². The van der Waals surface area contributed by atoms with Gasteiger partial charge in [-0.25, -0.2) is 4.57 Å². The minimum atomic E-state index is -4.52. The van der Waals surface area contributed by atoms with Gasteiger partial charge in [-0.15, -0.1) is 0 Å². The van der Waals surface area contributed by atoms with E-state index in [1.807, 2.05) is 0 Å². The highest BCUT2D eigenvalue weighted by atomic mass is 31.2. The minimum Gasteiger partial charge on any atom is -0.457 e. The van der Waals surface area contributed by atoms with E-state index in [4.69, 9.17) is 23.6 Å². The summed E-state index contributed by atoms with van der Waals surface area (Å²) < 4.78 is 33.4. The second kappa shape index (κ2) is 44.2. The molecule has 0 aromatic carbocycles. The Kier molecular flexibility index (Phi) is 43.2. The molecule has 0 spiro atoms. The molecule has 0 radical (unpaired) electrons. The highest BCUT2D eigenvalue weighted by molar-refractivity contribution is 7.47. The van der Waals surface area contributed by atoms with Crippen LogP contribution in [0.5, 0.6) is 0 Å². The number of allylic oxidation sites excluding steroid dienone is 6. The molecule has 57 heavy (non-hydrogen) atoms. The monoisotopic (exact) mass is 829 g/mol. The average molecular weight is 829 g/mol. The van der Waals surface area contributed by atoms with Crippen LogP contribution in [0.15, 0.2) is 36.5 Å². The summed E-state index contributed by atoms with van der Waals surface area (Å²) in [5.74, 6) is -0.386. The van der Waals surface area contributed by atoms with E-state index in [1.165, 1.54) is 141 Å². The largest absolute Gasteiger partial charge is 0.472 e. The zero-order valence-electron chi connectivity index (χ0n) is 36.8. The van der Waals surface area contributed by atoms with Gasteiger partial charge in [0.25, 0.3) is 0 Å². The molecule has 0 saturated carbocycles. The second-order valence-electron chi connectivity index (χ2n) is 15.8. The highest BCUT2D eigenvalue weighted by Crippen LogP contribution is 2.43. The Morgan fingerprint density at radius 3 is 1.46 bits per heavy atom. The number of esters is 1. The first kappa shape index (κ1) is 55.7. The number of unbranched alkanes of at least 4 members (excludes halogenated alkanes) is 25. The van der Waals surface area contributed by atoms with E-state index >= 15 is 0 Å². The number of phosphoric ester groups is 1. The lowest BCUT2D eigenvalue weighted by molar-refractivity contribution is -0.154. The van der Waals surface area contributed by atoms with Crippen LogP contribution in [-0.2, 0) is 27.9 Å². The van der Waals surface area contributed by atoms with E-state index in [-0.39, 0.29) is 25.6 Å². The van der Waals surface area contributed by atoms with Crippen molar-refractivity contribution in [2.45, 2.75) is 225 Å². The second-order valence-corrected chi connectivity index (χ2v) is 17.2. The van der Waals surface area contributed by atoms with Gasteiger partial charge in [0.15, 0.2) is 0 Å². The normalized spacial score (nSPS) is 14.3. The Bertz CT molecular complexity index is 986. The molecule has 0 rings (SSSR count). The van der Waals surface area contributed by atoms with Crippen LogP contribution in [0.4, 0.5) is 0 Å². The molecule has 0 amide bonds. The van der Waals surface area contributed by atoms with Crippen molar-refractivity contribution in [3.63, 3.8) is 0 Å². The molecule has 0 aromatic rings. The Morgan fingerprint density at radius 1 is 0.544 bits per heavy atom. The Balaban J connectivity index is 4.07. The maximum Gasteiger partial charge on any atom is 0.472 e. The van der Waals surface area contributed by atoms with Crippen LogP contribution < -0.4 is 0 Å². The van der Waals surface area contributed by atoms with Crippen molar-refractivity contribution in [2.24, 2.45) is 0 Å². The van der Waals surface area contributed by atoms with E-state index in [1.54, 1.807) is 0 Å². The van der Waals surface area contributed by atoms with Crippen molar-refractivity contribution in [3.8, 4) is 0 Å². The minimum absolute atomic E-state index is 0.0455. The Labute approximate surface area is 350 Å². The topological polar surface area (TPSA) is 132 Å². The maximum absolute atomic E-state index is 12.6. The third kappa shape index (κ3) is 44.1. The third-order valence-corrected chi connectivity index (χ3v) is 11.0. The summed E-state index contributed by atoms with van der Waals surface area (Å²) in [6.07, 6.45) is 48.2. The third-order valence-electron chi connectivity index (χ3n) is 10.0. The van der Waals surface area contributed by atoms with Crippen molar-refractivity contribution in [1.82, 2.24) is 0 Å². The summed E-state index contributed by atoms with van der Waals surface area (Å²) in [4.78, 5) is 22.6. The van der Waals surface area contributed by atoms with Crippen molar-refractivity contribution in [2.75, 3.05) is 33.0 Å². The van der Waals surface area contributed by atoms with E-state index in [0.717, 1.165) is 51.4 Å². The molecule has 0 fully saturated rings. The molecule has 10 heteroatoms. The molecule has 0 aliphatic heterocycles. The summed E-state index contributed by atoms with van der Waals surface area (Å²) >= 11 is 0. The summed E-state index contributed by atoms with van der Waals surface area (Å²) in [5, 5.41) is 18.4. The fourth-order valence-corrected chi connectivity index (χ4v) is 7.23. The zero-order chi connectivity index (χ0) is 41.8. The predicted octanol–water partition coefficient (Wildman–Crippen LogP) is 13.2. The molecule has 336 valence electrons. The van der Waals surface area contributed by atoms with Gasteiger partial charge in [-0.1, -0.05) is 172 Å². The van der Waals surface area contributed by atoms with Crippen LogP contribution in [0.2, 0.25) is 0 Å². The number of aliphatic hydroxyl groups is 2. The van der Waals surface area contributed by atoms with Gasteiger partial charge in [0.1, 0.15) is 12.2 Å². The Hall–Kier alpha value is -1.32. The van der Waals surface area contributed by atoms with Gasteiger partial charge in [-0.05, 0) is 70.6 Å². The number of ether oxygens (including phenoxy) is 2. The van der Waals surface area contributed by atoms with Crippen molar-refractivity contribution >= 4 is 13.8 Å². The predicted molar refractivity (Wildman–Crippen MR) is 237 cm³/mol. The van der Waals surface area contributed by atoms with Crippen molar-refractivity contribution < 1.29 is 43.0 Å². The SMILES string of the molecule is CCCCC/C=C\CCCCCCCCOCC(COP(=O)(O)OCC(O)CO)OC(=O)CCCCCCCCCCCCC/C=C\C/C=C\CCCCCCC. The molecule has 0 aliphatic rings. The first-order valence-corrected chi connectivity index (χ1v) is 25.0. The number of phosphoric acid groups is 1. The van der Waals surface area contributed by atoms with E-state index in [9.17, 15) is 19.4 Å². The molecule has 3 unspecified atom stereocenters. The lowest BCUT2D eigenvalue weighted by Gasteiger charge is -2.20. The average Bonchev–Trinajstić information content (AvgIpc) is 3.20. The quantitative estimate of drug-likeness (QED) is 0.0237. The molecule has 3 atom stereocenters. The standard InChI is InChI=1S/C47H89O9P/c1-3-5-7-9-11-13-15-17-18-19-20-21-22-23-24-25-26-27-29-31-33-35-37-39-47(50)56-46(44-55-57(51,52)54-42-45(49)41-48)43-53-40-38-36-34-32-30-28-16-14-12-10-8-6-4-2/h12,14-15,17,19-20,45-46,48-49H,3-11,13,16,18,21-44H2,1-2H3,(H,51,52)/b14-12-,17-15-,20-19-. The van der Waals surface area contributed by atoms with Crippen LogP contribution in [0.25, 0.3) is 0 Å². The summed E-state index contributed by atoms with van der Waals surface area (Å²) in [7, 11) is -4.52. The lowest BCUT2D eigenvalue weighted by atomic mass is 10.0. The summed E-state index contributed by atoms with van der Waals surface area (Å²) in [6.45, 7) is 3.49. The van der Waals surface area contributed by atoms with Gasteiger partial charge < -0.3 is 24.6 Å². The van der Waals surface area contributed by atoms with E-state index in [0.29, 0.717) is 6.61 Å². The summed E-state index contributed by atoms with van der Waals surface area (Å²) in [5.41, 5.74) is 0. The van der Waals surface area contributed by atoms with Gasteiger partial charge in [0, 0.05) is 13.0 Å². The fourth-order valence-electron chi connectivity index (χ4n) is 6.44. The van der Waals surface area contributed by atoms with Crippen LogP contribution >= 0.6 is 7.82 Å². The molecule has 0 heterocycles. The first-order valence-electron chi connectivity index (χ1n) is 23.5. The number of hydrogen-bond acceptors (Lipinski definition) is 8. The molecule has 0 aliphatic carbocycles. The van der Waals surface area contributed by atoms with Gasteiger partial charge in [0.2, 0.25) is 0 Å². The van der Waals surface area contributed by atoms with Gasteiger partial charge in [-0.3, -0.25) is 13.8 Å². The maximum atomic E-state index is 12.6. The highest BCUT2D eigenvalue weighted by Gasteiger charge is 2.26. The number of hydrogen-bond donors (Lipinski definition) is 3. The molecular weight excluding hydrogens is 739 g/mol. The van der Waals surface area contributed by atoms with Crippen LogP contribution in [0.1, 0.15) is 213 Å². The molecule has 9 nitrogen and oxygen atoms in total. The van der Waals surface area contributed by atoms with Crippen molar-refractivity contribution in [3.05, 3.63) is 36.5 Å². The van der Waals surface area contributed by atoms with E-state index < -0.39 is 33.2 Å². The smallest absolute Gasteiger partial charge is 0.457 e. The lowest BCUT2D eigenvalue weighted by Crippen LogP contribution is -2.29. The number of aliphatic hydroxyl groups excluding tert-OH is 2. The van der Waals surface area contributed by atoms with Crippen LogP contribution in [-0.4, -0.2) is 66.3 Å². The molecule has 0 aromatic heterocycles. The molecular formula is C47H89O9P. The number of carbonyl (C=O) groups is 1. The van der Waals surface area contributed by atoms with Crippen LogP contribution in [0.3, 0.4) is 0 Å². The zero-order valence-corrected chi connectivity index (χ0v) is 37.7. The van der Waals surface area contributed by atoms with Gasteiger partial charge in [0.05, 0.1) is 26.4 Å². The molecule has 0 bridgehead atoms. The van der Waals surface area contributed by atoms with E-state index in [2.05, 4.69) is 50.3 Å². The Morgan fingerprint density at radius 2 is 0.947 bits per heavy atom. The number of rotatable bonds is 45. The van der Waals surface area contributed by atoms with Crippen LogP contribution in [0, 0.1) is 0 Å². The molecule has 0 saturated heterocycles. The summed E-state index contributed by atoms with van der Waals surface area (Å²) in [6, 6.07) is 0. The fraction of sp³-hybridized carbons (Fsp3) is 0.851.